The zero-order chi connectivity index (χ0) is 22.7. The van der Waals surface area contributed by atoms with Crippen LogP contribution in [0.3, 0.4) is 0 Å². The smallest absolute Gasteiger partial charge is 0.286 e. The Morgan fingerprint density at radius 2 is 1.50 bits per heavy atom. The molecule has 0 aromatic heterocycles. The van der Waals surface area contributed by atoms with E-state index in [0.29, 0.717) is 22.2 Å². The fourth-order valence-corrected chi connectivity index (χ4v) is 4.75. The van der Waals surface area contributed by atoms with Gasteiger partial charge in [-0.1, -0.05) is 17.7 Å². The number of hydrogen-bond donors (Lipinski definition) is 0. The molecule has 0 aliphatic carbocycles. The van der Waals surface area contributed by atoms with Gasteiger partial charge in [-0.2, -0.15) is 4.99 Å². The van der Waals surface area contributed by atoms with E-state index < -0.39 is 0 Å². The first-order valence-corrected chi connectivity index (χ1v) is 11.2. The monoisotopic (exact) mass is 453 g/mol. The van der Waals surface area contributed by atoms with E-state index in [1.807, 2.05) is 18.2 Å². The summed E-state index contributed by atoms with van der Waals surface area (Å²) >= 11 is 1.41. The Morgan fingerprint density at radius 3 is 2.06 bits per heavy atom. The molecule has 2 aromatic carbocycles. The number of benzene rings is 2. The molecule has 32 heavy (non-hydrogen) atoms. The molecule has 0 atom stereocenters. The van der Waals surface area contributed by atoms with Crippen molar-refractivity contribution < 1.29 is 19.0 Å². The predicted molar refractivity (Wildman–Crippen MR) is 129 cm³/mol. The minimum atomic E-state index is -0.222. The van der Waals surface area contributed by atoms with E-state index in [1.54, 1.807) is 21.3 Å². The number of hydrogen-bond acceptors (Lipinski definition) is 7. The van der Waals surface area contributed by atoms with Crippen LogP contribution >= 0.6 is 11.8 Å². The maximum absolute atomic E-state index is 12.6. The van der Waals surface area contributed by atoms with Crippen molar-refractivity contribution in [2.24, 2.45) is 4.99 Å². The van der Waals surface area contributed by atoms with E-state index in [1.165, 1.54) is 23.0 Å². The summed E-state index contributed by atoms with van der Waals surface area (Å²) in [6, 6.07) is 12.2. The van der Waals surface area contributed by atoms with E-state index in [2.05, 4.69) is 46.0 Å². The van der Waals surface area contributed by atoms with E-state index >= 15 is 0 Å². The number of amides is 1. The Kier molecular flexibility index (Phi) is 6.60. The quantitative estimate of drug-likeness (QED) is 0.638. The van der Waals surface area contributed by atoms with Gasteiger partial charge in [-0.05, 0) is 54.6 Å². The van der Waals surface area contributed by atoms with Gasteiger partial charge in [-0.25, -0.2) is 0 Å². The van der Waals surface area contributed by atoms with Crippen LogP contribution in [0.15, 0.2) is 46.3 Å². The molecule has 0 bridgehead atoms. The predicted octanol–water partition coefficient (Wildman–Crippen LogP) is 3.81. The van der Waals surface area contributed by atoms with Crippen LogP contribution in [0.5, 0.6) is 17.2 Å². The zero-order valence-electron chi connectivity index (χ0n) is 18.8. The molecular weight excluding hydrogens is 426 g/mol. The van der Waals surface area contributed by atoms with Gasteiger partial charge in [-0.3, -0.25) is 4.79 Å². The third-order valence-corrected chi connectivity index (χ3v) is 6.59. The third-order valence-electron chi connectivity index (χ3n) is 5.54. The summed E-state index contributed by atoms with van der Waals surface area (Å²) in [5, 5.41) is 0.761. The van der Waals surface area contributed by atoms with Crippen LogP contribution in [-0.2, 0) is 4.79 Å². The molecule has 8 heteroatoms. The Balaban J connectivity index is 1.45. The summed E-state index contributed by atoms with van der Waals surface area (Å²) in [5.74, 6) is 1.38. The van der Waals surface area contributed by atoms with Crippen LogP contribution in [0.1, 0.15) is 11.1 Å². The number of methoxy groups -OCH3 is 3. The van der Waals surface area contributed by atoms with Crippen LogP contribution in [0.4, 0.5) is 5.69 Å². The lowest BCUT2D eigenvalue weighted by atomic mass is 10.1. The first-order chi connectivity index (χ1) is 15.5. The fourth-order valence-electron chi connectivity index (χ4n) is 3.78. The Bertz CT molecular complexity index is 1030. The Labute approximate surface area is 192 Å². The molecule has 0 unspecified atom stereocenters. The number of ether oxygens (including phenoxy) is 3. The van der Waals surface area contributed by atoms with E-state index in [9.17, 15) is 4.79 Å². The van der Waals surface area contributed by atoms with Crippen molar-refractivity contribution >= 4 is 34.6 Å². The van der Waals surface area contributed by atoms with E-state index in [-0.39, 0.29) is 5.91 Å². The van der Waals surface area contributed by atoms with Crippen LogP contribution in [0.25, 0.3) is 6.08 Å². The molecule has 0 radical (unpaired) electrons. The third kappa shape index (κ3) is 4.55. The zero-order valence-corrected chi connectivity index (χ0v) is 19.6. The lowest BCUT2D eigenvalue weighted by Gasteiger charge is -2.36. The molecule has 2 aliphatic rings. The van der Waals surface area contributed by atoms with Gasteiger partial charge < -0.3 is 24.0 Å². The average molecular weight is 454 g/mol. The molecule has 0 N–H and O–H groups in total. The topological polar surface area (TPSA) is 63.6 Å². The first-order valence-electron chi connectivity index (χ1n) is 10.4. The molecule has 1 saturated heterocycles. The normalized spacial score (nSPS) is 17.6. The maximum atomic E-state index is 12.6. The van der Waals surface area contributed by atoms with Crippen LogP contribution in [0, 0.1) is 6.92 Å². The molecule has 168 valence electrons. The van der Waals surface area contributed by atoms with Crippen molar-refractivity contribution in [2.45, 2.75) is 6.92 Å². The van der Waals surface area contributed by atoms with Gasteiger partial charge in [0, 0.05) is 31.9 Å². The molecule has 0 saturated carbocycles. The minimum absolute atomic E-state index is 0.222. The summed E-state index contributed by atoms with van der Waals surface area (Å²) in [6.07, 6.45) is 1.82. The highest BCUT2D eigenvalue weighted by Crippen LogP contribution is 2.40. The molecule has 7 nitrogen and oxygen atoms in total. The second kappa shape index (κ2) is 9.56. The molecule has 2 aliphatic heterocycles. The van der Waals surface area contributed by atoms with Crippen molar-refractivity contribution in [3.63, 3.8) is 0 Å². The molecule has 2 aromatic rings. The number of carbonyl (C=O) groups is 1. The van der Waals surface area contributed by atoms with Crippen molar-refractivity contribution in [1.82, 2.24) is 4.90 Å². The van der Waals surface area contributed by atoms with Crippen molar-refractivity contribution in [1.29, 1.82) is 0 Å². The average Bonchev–Trinajstić information content (AvgIpc) is 3.19. The standard InChI is InChI=1S/C24H27N3O4S/c1-16-5-7-18(8-6-16)26-9-11-27(12-10-26)24-25-23(28)21(32-24)15-17-13-19(29-2)22(31-4)20(14-17)30-3/h5-8,13-15H,9-12H2,1-4H3. The molecule has 2 heterocycles. The van der Waals surface area contributed by atoms with Crippen molar-refractivity contribution in [3.05, 3.63) is 52.4 Å². The largest absolute Gasteiger partial charge is 0.493 e. The highest BCUT2D eigenvalue weighted by molar-refractivity contribution is 8.18. The van der Waals surface area contributed by atoms with Gasteiger partial charge in [0.15, 0.2) is 16.7 Å². The minimum Gasteiger partial charge on any atom is -0.493 e. The summed E-state index contributed by atoms with van der Waals surface area (Å²) in [6.45, 7) is 5.53. The maximum Gasteiger partial charge on any atom is 0.286 e. The molecule has 4 rings (SSSR count). The molecule has 1 amide bonds. The number of rotatable bonds is 5. The second-order valence-corrected chi connectivity index (χ2v) is 8.59. The number of anilines is 1. The number of aliphatic imine (C=N–C) groups is 1. The lowest BCUT2D eigenvalue weighted by Crippen LogP contribution is -2.47. The number of nitrogens with zero attached hydrogens (tertiary/aromatic N) is 3. The van der Waals surface area contributed by atoms with Gasteiger partial charge in [0.05, 0.1) is 26.2 Å². The number of carbonyl (C=O) groups excluding carboxylic acids is 1. The van der Waals surface area contributed by atoms with Crippen LogP contribution in [-0.4, -0.2) is 63.5 Å². The van der Waals surface area contributed by atoms with E-state index in [0.717, 1.165) is 36.9 Å². The van der Waals surface area contributed by atoms with Gasteiger partial charge in [-0.15, -0.1) is 0 Å². The Hall–Kier alpha value is -3.13. The lowest BCUT2D eigenvalue weighted by molar-refractivity contribution is -0.113. The summed E-state index contributed by atoms with van der Waals surface area (Å²) in [5.41, 5.74) is 3.28. The first kappa shape index (κ1) is 22.1. The molecule has 0 spiro atoms. The number of amidine groups is 1. The van der Waals surface area contributed by atoms with E-state index in [4.69, 9.17) is 14.2 Å². The van der Waals surface area contributed by atoms with Crippen molar-refractivity contribution in [2.75, 3.05) is 52.4 Å². The SMILES string of the molecule is COc1cc(C=C2SC(N3CCN(c4ccc(C)cc4)CC3)=NC2=O)cc(OC)c1OC. The summed E-state index contributed by atoms with van der Waals surface area (Å²) < 4.78 is 16.2. The van der Waals surface area contributed by atoms with Gasteiger partial charge >= 0.3 is 0 Å². The highest BCUT2D eigenvalue weighted by Gasteiger charge is 2.28. The molecular formula is C24H27N3O4S. The van der Waals surface area contributed by atoms with Crippen molar-refractivity contribution in [3.8, 4) is 17.2 Å². The van der Waals surface area contributed by atoms with Crippen LogP contribution < -0.4 is 19.1 Å². The Morgan fingerprint density at radius 1 is 0.906 bits per heavy atom. The van der Waals surface area contributed by atoms with Gasteiger partial charge in [0.2, 0.25) is 5.75 Å². The second-order valence-electron chi connectivity index (χ2n) is 7.58. The van der Waals surface area contributed by atoms with Gasteiger partial charge in [0.25, 0.3) is 5.91 Å². The summed E-state index contributed by atoms with van der Waals surface area (Å²) in [7, 11) is 4.70. The fraction of sp³-hybridized carbons (Fsp3) is 0.333. The summed E-state index contributed by atoms with van der Waals surface area (Å²) in [4.78, 5) is 22.0. The number of piperazine rings is 1. The number of aryl methyl sites for hydroxylation is 1. The van der Waals surface area contributed by atoms with Gasteiger partial charge in [0.1, 0.15) is 0 Å². The molecule has 1 fully saturated rings. The number of thioether (sulfide) groups is 1. The van der Waals surface area contributed by atoms with Crippen LogP contribution in [0.2, 0.25) is 0 Å². The highest BCUT2D eigenvalue weighted by atomic mass is 32.2.